The highest BCUT2D eigenvalue weighted by Crippen LogP contribution is 2.13. The summed E-state index contributed by atoms with van der Waals surface area (Å²) in [6, 6.07) is 2.76. The lowest BCUT2D eigenvalue weighted by Gasteiger charge is -2.07. The quantitative estimate of drug-likeness (QED) is 0.642. The van der Waals surface area contributed by atoms with Gasteiger partial charge in [-0.05, 0) is 19.1 Å². The van der Waals surface area contributed by atoms with Crippen molar-refractivity contribution in [3.05, 3.63) is 23.5 Å². The van der Waals surface area contributed by atoms with Crippen LogP contribution in [0.3, 0.4) is 0 Å². The third-order valence-corrected chi connectivity index (χ3v) is 2.98. The van der Waals surface area contributed by atoms with E-state index in [9.17, 15) is 13.2 Å². The minimum atomic E-state index is -3.78. The van der Waals surface area contributed by atoms with Gasteiger partial charge in [0.1, 0.15) is 5.15 Å². The zero-order chi connectivity index (χ0) is 12.9. The van der Waals surface area contributed by atoms with E-state index in [2.05, 4.69) is 14.4 Å². The second kappa shape index (κ2) is 5.83. The van der Waals surface area contributed by atoms with Gasteiger partial charge in [-0.1, -0.05) is 11.6 Å². The Morgan fingerprint density at radius 2 is 2.29 bits per heavy atom. The van der Waals surface area contributed by atoms with Crippen molar-refractivity contribution >= 4 is 33.3 Å². The molecule has 0 aliphatic heterocycles. The van der Waals surface area contributed by atoms with Crippen molar-refractivity contribution < 1.29 is 17.9 Å². The minimum Gasteiger partial charge on any atom is -0.465 e. The molecule has 1 heterocycles. The van der Waals surface area contributed by atoms with Gasteiger partial charge in [0.25, 0.3) is 0 Å². The largest absolute Gasteiger partial charge is 0.465 e. The van der Waals surface area contributed by atoms with Gasteiger partial charge in [0.05, 0.1) is 12.3 Å². The SMILES string of the molecule is CCOC(=O)CS(=O)(=O)Nc1ccnc(Cl)c1. The van der Waals surface area contributed by atoms with Crippen molar-refractivity contribution in [2.75, 3.05) is 17.1 Å². The van der Waals surface area contributed by atoms with Crippen LogP contribution in [0, 0.1) is 0 Å². The second-order valence-electron chi connectivity index (χ2n) is 3.03. The normalized spacial score (nSPS) is 10.9. The van der Waals surface area contributed by atoms with E-state index in [1.165, 1.54) is 18.3 Å². The Morgan fingerprint density at radius 1 is 1.59 bits per heavy atom. The molecular weight excluding hydrogens is 268 g/mol. The molecule has 0 saturated heterocycles. The molecule has 0 aliphatic carbocycles. The Kier molecular flexibility index (Phi) is 4.71. The number of rotatable bonds is 5. The van der Waals surface area contributed by atoms with Gasteiger partial charge in [-0.2, -0.15) is 0 Å². The third-order valence-electron chi connectivity index (χ3n) is 1.61. The van der Waals surface area contributed by atoms with Crippen molar-refractivity contribution in [2.45, 2.75) is 6.92 Å². The molecule has 6 nitrogen and oxygen atoms in total. The van der Waals surface area contributed by atoms with E-state index in [1.807, 2.05) is 0 Å². The molecule has 0 aromatic carbocycles. The third kappa shape index (κ3) is 5.01. The number of hydrogen-bond acceptors (Lipinski definition) is 5. The number of anilines is 1. The molecule has 94 valence electrons. The number of halogens is 1. The highest BCUT2D eigenvalue weighted by atomic mass is 35.5. The lowest BCUT2D eigenvalue weighted by atomic mass is 10.4. The lowest BCUT2D eigenvalue weighted by Crippen LogP contribution is -2.24. The van der Waals surface area contributed by atoms with E-state index < -0.39 is 21.7 Å². The van der Waals surface area contributed by atoms with E-state index in [-0.39, 0.29) is 17.4 Å². The summed E-state index contributed by atoms with van der Waals surface area (Å²) < 4.78 is 29.8. The summed E-state index contributed by atoms with van der Waals surface area (Å²) in [7, 11) is -3.78. The number of aromatic nitrogens is 1. The average Bonchev–Trinajstić information content (AvgIpc) is 2.15. The van der Waals surface area contributed by atoms with Crippen LogP contribution in [0.4, 0.5) is 5.69 Å². The first kappa shape index (κ1) is 13.7. The van der Waals surface area contributed by atoms with Crippen LogP contribution in [-0.4, -0.2) is 31.7 Å². The van der Waals surface area contributed by atoms with Gasteiger partial charge in [0, 0.05) is 6.20 Å². The Bertz CT molecular complexity index is 503. The summed E-state index contributed by atoms with van der Waals surface area (Å²) in [5.41, 5.74) is 0.245. The molecular formula is C9H11ClN2O4S. The number of carbonyl (C=O) groups is 1. The highest BCUT2D eigenvalue weighted by molar-refractivity contribution is 7.93. The Labute approximate surface area is 104 Å². The molecule has 0 saturated carbocycles. The summed E-state index contributed by atoms with van der Waals surface area (Å²) in [4.78, 5) is 14.7. The maximum Gasteiger partial charge on any atom is 0.323 e. The number of esters is 1. The monoisotopic (exact) mass is 278 g/mol. The maximum absolute atomic E-state index is 11.5. The number of pyridine rings is 1. The molecule has 0 fully saturated rings. The zero-order valence-electron chi connectivity index (χ0n) is 9.01. The van der Waals surface area contributed by atoms with Crippen LogP contribution in [0.25, 0.3) is 0 Å². The smallest absolute Gasteiger partial charge is 0.323 e. The zero-order valence-corrected chi connectivity index (χ0v) is 10.6. The minimum absolute atomic E-state index is 0.134. The van der Waals surface area contributed by atoms with Gasteiger partial charge >= 0.3 is 5.97 Å². The summed E-state index contributed by atoms with van der Waals surface area (Å²) in [5.74, 6) is -1.54. The van der Waals surface area contributed by atoms with Crippen molar-refractivity contribution in [3.8, 4) is 0 Å². The molecule has 0 atom stereocenters. The predicted molar refractivity (Wildman–Crippen MR) is 63.3 cm³/mol. The van der Waals surface area contributed by atoms with E-state index in [1.54, 1.807) is 6.92 Å². The molecule has 0 bridgehead atoms. The fraction of sp³-hybridized carbons (Fsp3) is 0.333. The van der Waals surface area contributed by atoms with Crippen LogP contribution in [0.2, 0.25) is 5.15 Å². The van der Waals surface area contributed by atoms with Crippen LogP contribution in [0.5, 0.6) is 0 Å². The van der Waals surface area contributed by atoms with Crippen molar-refractivity contribution in [1.29, 1.82) is 0 Å². The first-order chi connectivity index (χ1) is 7.93. The van der Waals surface area contributed by atoms with Gasteiger partial charge in [0.15, 0.2) is 5.75 Å². The van der Waals surface area contributed by atoms with Crippen LogP contribution in [0.15, 0.2) is 18.3 Å². The van der Waals surface area contributed by atoms with Crippen LogP contribution >= 0.6 is 11.6 Å². The van der Waals surface area contributed by atoms with Crippen molar-refractivity contribution in [2.24, 2.45) is 0 Å². The fourth-order valence-electron chi connectivity index (χ4n) is 1.04. The number of carbonyl (C=O) groups excluding carboxylic acids is 1. The Hall–Kier alpha value is -1.34. The number of hydrogen-bond donors (Lipinski definition) is 1. The molecule has 1 aromatic heterocycles. The van der Waals surface area contributed by atoms with E-state index >= 15 is 0 Å². The number of sulfonamides is 1. The molecule has 8 heteroatoms. The van der Waals surface area contributed by atoms with E-state index in [0.29, 0.717) is 0 Å². The van der Waals surface area contributed by atoms with Crippen LogP contribution < -0.4 is 4.72 Å². The summed E-state index contributed by atoms with van der Waals surface area (Å²) in [6.07, 6.45) is 1.35. The van der Waals surface area contributed by atoms with Gasteiger partial charge in [-0.25, -0.2) is 13.4 Å². The predicted octanol–water partition coefficient (Wildman–Crippen LogP) is 1.04. The molecule has 0 spiro atoms. The summed E-state index contributed by atoms with van der Waals surface area (Å²) in [6.45, 7) is 1.73. The van der Waals surface area contributed by atoms with Gasteiger partial charge in [0.2, 0.25) is 10.0 Å². The standard InChI is InChI=1S/C9H11ClN2O4S/c1-2-16-9(13)6-17(14,15)12-7-3-4-11-8(10)5-7/h3-5H,2,6H2,1H3,(H,11,12). The molecule has 0 aliphatic rings. The molecule has 17 heavy (non-hydrogen) atoms. The molecule has 0 unspecified atom stereocenters. The number of nitrogens with one attached hydrogen (secondary N) is 1. The molecule has 1 N–H and O–H groups in total. The average molecular weight is 279 g/mol. The van der Waals surface area contributed by atoms with E-state index in [0.717, 1.165) is 0 Å². The van der Waals surface area contributed by atoms with Gasteiger partial charge in [-0.15, -0.1) is 0 Å². The molecule has 1 aromatic rings. The molecule has 0 radical (unpaired) electrons. The molecule has 1 rings (SSSR count). The van der Waals surface area contributed by atoms with Crippen LogP contribution in [0.1, 0.15) is 6.92 Å². The second-order valence-corrected chi connectivity index (χ2v) is 5.14. The Balaban J connectivity index is 2.70. The number of nitrogens with zero attached hydrogens (tertiary/aromatic N) is 1. The molecule has 0 amide bonds. The number of ether oxygens (including phenoxy) is 1. The lowest BCUT2D eigenvalue weighted by molar-refractivity contribution is -0.139. The summed E-state index contributed by atoms with van der Waals surface area (Å²) in [5, 5.41) is 0.154. The Morgan fingerprint density at radius 3 is 2.88 bits per heavy atom. The van der Waals surface area contributed by atoms with Crippen LogP contribution in [-0.2, 0) is 19.6 Å². The van der Waals surface area contributed by atoms with Crippen molar-refractivity contribution in [3.63, 3.8) is 0 Å². The van der Waals surface area contributed by atoms with E-state index in [4.69, 9.17) is 11.6 Å². The van der Waals surface area contributed by atoms with Gasteiger partial charge < -0.3 is 4.74 Å². The van der Waals surface area contributed by atoms with Gasteiger partial charge in [-0.3, -0.25) is 9.52 Å². The highest BCUT2D eigenvalue weighted by Gasteiger charge is 2.17. The first-order valence-electron chi connectivity index (χ1n) is 4.70. The van der Waals surface area contributed by atoms with Crippen molar-refractivity contribution in [1.82, 2.24) is 4.98 Å². The maximum atomic E-state index is 11.5. The fourth-order valence-corrected chi connectivity index (χ4v) is 2.17. The summed E-state index contributed by atoms with van der Waals surface area (Å²) >= 11 is 5.59. The topological polar surface area (TPSA) is 85.4 Å². The first-order valence-corrected chi connectivity index (χ1v) is 6.73.